The van der Waals surface area contributed by atoms with Gasteiger partial charge in [-0.2, -0.15) is 5.10 Å². The summed E-state index contributed by atoms with van der Waals surface area (Å²) in [7, 11) is 0. The first-order chi connectivity index (χ1) is 9.49. The zero-order valence-electron chi connectivity index (χ0n) is 11.2. The summed E-state index contributed by atoms with van der Waals surface area (Å²) in [5.74, 6) is 0.0361. The molecule has 2 N–H and O–H groups in total. The lowest BCUT2D eigenvalue weighted by molar-refractivity contribution is 0.0455. The third-order valence-electron chi connectivity index (χ3n) is 2.68. The second-order valence-corrected chi connectivity index (χ2v) is 4.94. The fourth-order valence-corrected chi connectivity index (χ4v) is 1.91. The fourth-order valence-electron chi connectivity index (χ4n) is 1.72. The van der Waals surface area contributed by atoms with E-state index < -0.39 is 5.97 Å². The molecule has 0 aliphatic carbocycles. The highest BCUT2D eigenvalue weighted by molar-refractivity contribution is 6.33. The lowest BCUT2D eigenvalue weighted by Gasteiger charge is -2.10. The number of nitrogen functional groups attached to an aromatic ring is 1. The van der Waals surface area contributed by atoms with E-state index in [0.717, 1.165) is 0 Å². The molecular weight excluding hydrogens is 280 g/mol. The van der Waals surface area contributed by atoms with Crippen molar-refractivity contribution in [2.45, 2.75) is 26.5 Å². The minimum Gasteiger partial charge on any atom is -0.454 e. The Morgan fingerprint density at radius 1 is 1.50 bits per heavy atom. The van der Waals surface area contributed by atoms with E-state index in [0.29, 0.717) is 16.5 Å². The van der Waals surface area contributed by atoms with Gasteiger partial charge in [-0.25, -0.2) is 14.5 Å². The molecule has 1 aromatic heterocycles. The monoisotopic (exact) mass is 294 g/mol. The third-order valence-corrected chi connectivity index (χ3v) is 3.01. The molecule has 2 aromatic rings. The minimum atomic E-state index is -0.541. The predicted molar refractivity (Wildman–Crippen MR) is 75.4 cm³/mol. The summed E-state index contributed by atoms with van der Waals surface area (Å²) in [5, 5.41) is 4.37. The summed E-state index contributed by atoms with van der Waals surface area (Å²) in [6.07, 6.45) is 1.43. The van der Waals surface area contributed by atoms with Gasteiger partial charge in [0.2, 0.25) is 0 Å². The molecule has 1 heterocycles. The lowest BCUT2D eigenvalue weighted by atomic mass is 10.2. The van der Waals surface area contributed by atoms with Gasteiger partial charge in [0.25, 0.3) is 0 Å². The number of nitrogens with two attached hydrogens (primary N) is 1. The van der Waals surface area contributed by atoms with Crippen LogP contribution in [-0.2, 0) is 11.3 Å². The van der Waals surface area contributed by atoms with Crippen molar-refractivity contribution in [1.29, 1.82) is 0 Å². The maximum absolute atomic E-state index is 12.0. The van der Waals surface area contributed by atoms with E-state index in [1.54, 1.807) is 16.8 Å². The van der Waals surface area contributed by atoms with Crippen molar-refractivity contribution in [3.63, 3.8) is 0 Å². The normalized spacial score (nSPS) is 10.8. The Balaban J connectivity index is 2.09. The first-order valence-electron chi connectivity index (χ1n) is 6.09. The number of carbonyl (C=O) groups is 1. The van der Waals surface area contributed by atoms with E-state index in [1.807, 2.05) is 13.8 Å². The molecule has 106 valence electrons. The minimum absolute atomic E-state index is 0.0299. The molecule has 0 aliphatic heterocycles. The SMILES string of the molecule is CC(C)n1ncnc1COC(=O)c1cc(N)ccc1Cl. The van der Waals surface area contributed by atoms with E-state index in [1.165, 1.54) is 12.4 Å². The van der Waals surface area contributed by atoms with Crippen molar-refractivity contribution in [1.82, 2.24) is 14.8 Å². The highest BCUT2D eigenvalue weighted by Crippen LogP contribution is 2.20. The molecule has 0 atom stereocenters. The zero-order chi connectivity index (χ0) is 14.7. The van der Waals surface area contributed by atoms with E-state index in [2.05, 4.69) is 10.1 Å². The number of carbonyl (C=O) groups excluding carboxylic acids is 1. The first kappa shape index (κ1) is 14.3. The molecular formula is C13H15ClN4O2. The van der Waals surface area contributed by atoms with E-state index in [-0.39, 0.29) is 18.2 Å². The van der Waals surface area contributed by atoms with Gasteiger partial charge < -0.3 is 10.5 Å². The van der Waals surface area contributed by atoms with Crippen molar-refractivity contribution >= 4 is 23.3 Å². The average molecular weight is 295 g/mol. The summed E-state index contributed by atoms with van der Waals surface area (Å²) in [6.45, 7) is 3.96. The topological polar surface area (TPSA) is 83.0 Å². The van der Waals surface area contributed by atoms with Crippen LogP contribution in [0, 0.1) is 0 Å². The van der Waals surface area contributed by atoms with Gasteiger partial charge in [0.05, 0.1) is 10.6 Å². The summed E-state index contributed by atoms with van der Waals surface area (Å²) in [4.78, 5) is 16.0. The summed E-state index contributed by atoms with van der Waals surface area (Å²) < 4.78 is 6.89. The van der Waals surface area contributed by atoms with Crippen molar-refractivity contribution in [3.8, 4) is 0 Å². The summed E-state index contributed by atoms with van der Waals surface area (Å²) >= 11 is 5.94. The van der Waals surface area contributed by atoms with Crippen LogP contribution in [0.15, 0.2) is 24.5 Å². The number of esters is 1. The highest BCUT2D eigenvalue weighted by Gasteiger charge is 2.15. The molecule has 0 radical (unpaired) electrons. The molecule has 0 bridgehead atoms. The van der Waals surface area contributed by atoms with Crippen LogP contribution in [0.1, 0.15) is 36.1 Å². The Bertz CT molecular complexity index is 625. The van der Waals surface area contributed by atoms with Gasteiger partial charge in [-0.15, -0.1) is 0 Å². The maximum atomic E-state index is 12.0. The molecule has 6 nitrogen and oxygen atoms in total. The predicted octanol–water partition coefficient (Wildman–Crippen LogP) is 2.45. The van der Waals surface area contributed by atoms with Gasteiger partial charge in [0.1, 0.15) is 6.33 Å². The van der Waals surface area contributed by atoms with E-state index >= 15 is 0 Å². The van der Waals surface area contributed by atoms with Crippen molar-refractivity contribution < 1.29 is 9.53 Å². The quantitative estimate of drug-likeness (QED) is 0.692. The zero-order valence-corrected chi connectivity index (χ0v) is 12.0. The molecule has 20 heavy (non-hydrogen) atoms. The van der Waals surface area contributed by atoms with Gasteiger partial charge in [-0.1, -0.05) is 11.6 Å². The van der Waals surface area contributed by atoms with E-state index in [9.17, 15) is 4.79 Å². The van der Waals surface area contributed by atoms with Crippen LogP contribution < -0.4 is 5.73 Å². The molecule has 0 saturated carbocycles. The molecule has 1 aromatic carbocycles. The number of benzene rings is 1. The number of nitrogens with zero attached hydrogens (tertiary/aromatic N) is 3. The molecule has 0 saturated heterocycles. The Morgan fingerprint density at radius 2 is 2.25 bits per heavy atom. The lowest BCUT2D eigenvalue weighted by Crippen LogP contribution is -2.13. The second-order valence-electron chi connectivity index (χ2n) is 4.53. The molecule has 0 fully saturated rings. The van der Waals surface area contributed by atoms with Crippen molar-refractivity contribution in [2.75, 3.05) is 5.73 Å². The first-order valence-corrected chi connectivity index (χ1v) is 6.47. The molecule has 0 amide bonds. The molecule has 2 rings (SSSR count). The second kappa shape index (κ2) is 5.92. The smallest absolute Gasteiger partial charge is 0.340 e. The molecule has 0 aliphatic rings. The Kier molecular flexibility index (Phi) is 4.24. The largest absolute Gasteiger partial charge is 0.454 e. The summed E-state index contributed by atoms with van der Waals surface area (Å²) in [5.41, 5.74) is 6.32. The van der Waals surface area contributed by atoms with Crippen LogP contribution in [0.4, 0.5) is 5.69 Å². The van der Waals surface area contributed by atoms with Gasteiger partial charge in [-0.05, 0) is 32.0 Å². The molecule has 7 heteroatoms. The number of halogens is 1. The van der Waals surface area contributed by atoms with Crippen LogP contribution >= 0.6 is 11.6 Å². The molecule has 0 spiro atoms. The number of anilines is 1. The van der Waals surface area contributed by atoms with Gasteiger partial charge in [0.15, 0.2) is 12.4 Å². The van der Waals surface area contributed by atoms with Crippen LogP contribution in [0.2, 0.25) is 5.02 Å². The average Bonchev–Trinajstić information content (AvgIpc) is 2.87. The maximum Gasteiger partial charge on any atom is 0.340 e. The molecule has 0 unspecified atom stereocenters. The van der Waals surface area contributed by atoms with Crippen LogP contribution in [0.5, 0.6) is 0 Å². The number of rotatable bonds is 4. The van der Waals surface area contributed by atoms with Crippen LogP contribution in [-0.4, -0.2) is 20.7 Å². The Hall–Kier alpha value is -2.08. The number of hydrogen-bond acceptors (Lipinski definition) is 5. The number of aromatic nitrogens is 3. The van der Waals surface area contributed by atoms with Crippen molar-refractivity contribution in [3.05, 3.63) is 40.9 Å². The fraction of sp³-hybridized carbons (Fsp3) is 0.308. The number of hydrogen-bond donors (Lipinski definition) is 1. The van der Waals surface area contributed by atoms with Crippen molar-refractivity contribution in [2.24, 2.45) is 0 Å². The number of ether oxygens (including phenoxy) is 1. The van der Waals surface area contributed by atoms with Gasteiger partial charge in [0, 0.05) is 11.7 Å². The van der Waals surface area contributed by atoms with Crippen LogP contribution in [0.25, 0.3) is 0 Å². The van der Waals surface area contributed by atoms with Gasteiger partial charge in [-0.3, -0.25) is 0 Å². The Labute approximate surface area is 121 Å². The highest BCUT2D eigenvalue weighted by atomic mass is 35.5. The Morgan fingerprint density at radius 3 is 2.95 bits per heavy atom. The van der Waals surface area contributed by atoms with E-state index in [4.69, 9.17) is 22.1 Å². The van der Waals surface area contributed by atoms with Gasteiger partial charge >= 0.3 is 5.97 Å². The third kappa shape index (κ3) is 3.08. The van der Waals surface area contributed by atoms with Crippen LogP contribution in [0.3, 0.4) is 0 Å². The standard InChI is InChI=1S/C13H15ClN4O2/c1-8(2)18-12(16-7-17-18)6-20-13(19)10-5-9(15)3-4-11(10)14/h3-5,7-8H,6,15H2,1-2H3. The summed E-state index contributed by atoms with van der Waals surface area (Å²) in [6, 6.07) is 4.80.